The Labute approximate surface area is 190 Å². The van der Waals surface area contributed by atoms with Crippen molar-refractivity contribution in [3.8, 4) is 11.5 Å². The van der Waals surface area contributed by atoms with Crippen LogP contribution in [0.15, 0.2) is 47.5 Å². The van der Waals surface area contributed by atoms with E-state index in [0.29, 0.717) is 50.0 Å². The van der Waals surface area contributed by atoms with Gasteiger partial charge in [-0.25, -0.2) is 0 Å². The van der Waals surface area contributed by atoms with Crippen molar-refractivity contribution in [2.45, 2.75) is 39.7 Å². The summed E-state index contributed by atoms with van der Waals surface area (Å²) >= 11 is 0. The summed E-state index contributed by atoms with van der Waals surface area (Å²) in [5, 5.41) is 6.55. The number of carbonyl (C=O) groups excluding carboxylic acids is 1. The Bertz CT molecular complexity index is 929. The topological polar surface area (TPSA) is 75.2 Å². The van der Waals surface area contributed by atoms with Crippen LogP contribution in [0.1, 0.15) is 37.8 Å². The summed E-state index contributed by atoms with van der Waals surface area (Å²) in [6.45, 7) is 7.34. The van der Waals surface area contributed by atoms with Gasteiger partial charge in [-0.2, -0.15) is 0 Å². The lowest BCUT2D eigenvalue weighted by Gasteiger charge is -2.28. The predicted molar refractivity (Wildman–Crippen MR) is 129 cm³/mol. The van der Waals surface area contributed by atoms with Gasteiger partial charge in [-0.15, -0.1) is 0 Å². The fourth-order valence-electron chi connectivity index (χ4n) is 3.75. The second kappa shape index (κ2) is 12.0. The number of anilines is 1. The van der Waals surface area contributed by atoms with Gasteiger partial charge in [0, 0.05) is 44.4 Å². The van der Waals surface area contributed by atoms with E-state index < -0.39 is 0 Å². The average Bonchev–Trinajstić information content (AvgIpc) is 2.82. The van der Waals surface area contributed by atoms with Crippen molar-refractivity contribution >= 4 is 17.6 Å². The van der Waals surface area contributed by atoms with Crippen LogP contribution in [0, 0.1) is 0 Å². The molecule has 1 aliphatic rings. The molecular formula is C25H34N4O3. The molecule has 172 valence electrons. The third-order valence-electron chi connectivity index (χ3n) is 5.37. The van der Waals surface area contributed by atoms with Crippen LogP contribution in [0.5, 0.6) is 11.5 Å². The molecule has 0 aromatic heterocycles. The number of guanidine groups is 1. The molecule has 0 bridgehead atoms. The molecular weight excluding hydrogens is 404 g/mol. The normalized spacial score (nSPS) is 13.3. The summed E-state index contributed by atoms with van der Waals surface area (Å²) in [4.78, 5) is 19.2. The highest BCUT2D eigenvalue weighted by atomic mass is 16.5. The van der Waals surface area contributed by atoms with Crippen LogP contribution < -0.4 is 20.1 Å². The lowest BCUT2D eigenvalue weighted by atomic mass is 9.99. The zero-order valence-corrected chi connectivity index (χ0v) is 19.3. The summed E-state index contributed by atoms with van der Waals surface area (Å²) in [5.41, 5.74) is 3.47. The first-order valence-electron chi connectivity index (χ1n) is 11.3. The highest BCUT2D eigenvalue weighted by Crippen LogP contribution is 2.30. The molecule has 0 spiro atoms. The van der Waals surface area contributed by atoms with Crippen LogP contribution in [0.2, 0.25) is 0 Å². The van der Waals surface area contributed by atoms with Gasteiger partial charge in [0.15, 0.2) is 17.5 Å². The zero-order chi connectivity index (χ0) is 22.8. The van der Waals surface area contributed by atoms with Gasteiger partial charge in [-0.05, 0) is 49.9 Å². The zero-order valence-electron chi connectivity index (χ0n) is 19.3. The number of nitrogens with zero attached hydrogens (tertiary/aromatic N) is 2. The quantitative estimate of drug-likeness (QED) is 0.354. The number of amides is 1. The van der Waals surface area contributed by atoms with E-state index in [4.69, 9.17) is 9.47 Å². The van der Waals surface area contributed by atoms with Crippen molar-refractivity contribution in [1.29, 1.82) is 0 Å². The van der Waals surface area contributed by atoms with E-state index in [0.717, 1.165) is 25.2 Å². The Morgan fingerprint density at radius 2 is 1.94 bits per heavy atom. The molecule has 0 saturated carbocycles. The lowest BCUT2D eigenvalue weighted by Crippen LogP contribution is -2.35. The summed E-state index contributed by atoms with van der Waals surface area (Å²) < 4.78 is 11.0. The van der Waals surface area contributed by atoms with E-state index >= 15 is 0 Å². The van der Waals surface area contributed by atoms with Gasteiger partial charge in [0.05, 0.1) is 13.7 Å². The molecule has 0 aliphatic carbocycles. The maximum Gasteiger partial charge on any atom is 0.222 e. The van der Waals surface area contributed by atoms with Gasteiger partial charge in [0.25, 0.3) is 0 Å². The maximum atomic E-state index is 12.6. The lowest BCUT2D eigenvalue weighted by molar-refractivity contribution is -0.132. The molecule has 1 aliphatic heterocycles. The van der Waals surface area contributed by atoms with Crippen molar-refractivity contribution in [3.05, 3.63) is 53.6 Å². The molecule has 0 fully saturated rings. The first kappa shape index (κ1) is 23.4. The first-order valence-corrected chi connectivity index (χ1v) is 11.3. The third kappa shape index (κ3) is 6.39. The van der Waals surface area contributed by atoms with Crippen LogP contribution in [0.4, 0.5) is 5.69 Å². The number of hydrogen-bond donors (Lipinski definition) is 2. The molecule has 0 atom stereocenters. The SMILES string of the molecule is CCNC(=NCCCC(=O)N1CCc2ccccc2C1)Nc1ccc(OC)c(OCC)c1. The fourth-order valence-corrected chi connectivity index (χ4v) is 3.75. The Kier molecular flexibility index (Phi) is 8.78. The highest BCUT2D eigenvalue weighted by molar-refractivity contribution is 5.94. The van der Waals surface area contributed by atoms with E-state index in [9.17, 15) is 4.79 Å². The highest BCUT2D eigenvalue weighted by Gasteiger charge is 2.19. The van der Waals surface area contributed by atoms with Crippen molar-refractivity contribution in [2.24, 2.45) is 4.99 Å². The van der Waals surface area contributed by atoms with Gasteiger partial charge < -0.3 is 25.0 Å². The summed E-state index contributed by atoms with van der Waals surface area (Å²) in [6, 6.07) is 14.1. The Balaban J connectivity index is 1.52. The van der Waals surface area contributed by atoms with Gasteiger partial charge >= 0.3 is 0 Å². The molecule has 0 saturated heterocycles. The van der Waals surface area contributed by atoms with E-state index in [1.165, 1.54) is 11.1 Å². The van der Waals surface area contributed by atoms with Crippen LogP contribution in [-0.4, -0.2) is 50.1 Å². The predicted octanol–water partition coefficient (Wildman–Crippen LogP) is 3.84. The number of rotatable bonds is 9. The number of aliphatic imine (C=N–C) groups is 1. The molecule has 0 radical (unpaired) electrons. The minimum Gasteiger partial charge on any atom is -0.493 e. The van der Waals surface area contributed by atoms with Crippen molar-refractivity contribution in [3.63, 3.8) is 0 Å². The first-order chi connectivity index (χ1) is 15.6. The monoisotopic (exact) mass is 438 g/mol. The second-order valence-electron chi connectivity index (χ2n) is 7.62. The van der Waals surface area contributed by atoms with Crippen molar-refractivity contribution in [2.75, 3.05) is 38.7 Å². The number of methoxy groups -OCH3 is 1. The van der Waals surface area contributed by atoms with E-state index in [2.05, 4.69) is 33.8 Å². The van der Waals surface area contributed by atoms with Gasteiger partial charge in [0.2, 0.25) is 5.91 Å². The smallest absolute Gasteiger partial charge is 0.222 e. The van der Waals surface area contributed by atoms with E-state index in [-0.39, 0.29) is 5.91 Å². The molecule has 7 heteroatoms. The molecule has 0 unspecified atom stereocenters. The fraction of sp³-hybridized carbons (Fsp3) is 0.440. The number of ether oxygens (including phenoxy) is 2. The Morgan fingerprint density at radius 1 is 1.12 bits per heavy atom. The van der Waals surface area contributed by atoms with Crippen molar-refractivity contribution < 1.29 is 14.3 Å². The maximum absolute atomic E-state index is 12.6. The second-order valence-corrected chi connectivity index (χ2v) is 7.62. The van der Waals surface area contributed by atoms with Gasteiger partial charge in [-0.1, -0.05) is 24.3 Å². The number of carbonyl (C=O) groups is 1. The molecule has 2 N–H and O–H groups in total. The third-order valence-corrected chi connectivity index (χ3v) is 5.37. The molecule has 1 amide bonds. The summed E-state index contributed by atoms with van der Waals surface area (Å²) in [6.07, 6.45) is 2.14. The summed E-state index contributed by atoms with van der Waals surface area (Å²) in [5.74, 6) is 2.26. The number of nitrogens with one attached hydrogen (secondary N) is 2. The van der Waals surface area contributed by atoms with Crippen LogP contribution >= 0.6 is 0 Å². The van der Waals surface area contributed by atoms with E-state index in [1.54, 1.807) is 7.11 Å². The molecule has 32 heavy (non-hydrogen) atoms. The molecule has 7 nitrogen and oxygen atoms in total. The van der Waals surface area contributed by atoms with Gasteiger partial charge in [-0.3, -0.25) is 9.79 Å². The number of benzene rings is 2. The Hall–Kier alpha value is -3.22. The van der Waals surface area contributed by atoms with Crippen LogP contribution in [-0.2, 0) is 17.8 Å². The standard InChI is InChI=1S/C25H34N4O3/c1-4-26-25(28-21-12-13-22(31-3)23(17-21)32-5-2)27-15-8-11-24(30)29-16-14-19-9-6-7-10-20(19)18-29/h6-7,9-10,12-13,17H,4-5,8,11,14-16,18H2,1-3H3,(H2,26,27,28). The minimum atomic E-state index is 0.198. The largest absolute Gasteiger partial charge is 0.493 e. The van der Waals surface area contributed by atoms with Gasteiger partial charge in [0.1, 0.15) is 0 Å². The average molecular weight is 439 g/mol. The number of fused-ring (bicyclic) bond motifs is 1. The molecule has 3 rings (SSSR count). The summed E-state index contributed by atoms with van der Waals surface area (Å²) in [7, 11) is 1.63. The van der Waals surface area contributed by atoms with E-state index in [1.807, 2.05) is 43.0 Å². The Morgan fingerprint density at radius 3 is 2.69 bits per heavy atom. The number of hydrogen-bond acceptors (Lipinski definition) is 4. The van der Waals surface area contributed by atoms with Crippen LogP contribution in [0.25, 0.3) is 0 Å². The van der Waals surface area contributed by atoms with Crippen LogP contribution in [0.3, 0.4) is 0 Å². The minimum absolute atomic E-state index is 0.198. The van der Waals surface area contributed by atoms with Crippen molar-refractivity contribution in [1.82, 2.24) is 10.2 Å². The molecule has 2 aromatic carbocycles. The molecule has 1 heterocycles. The molecule has 2 aromatic rings.